The molecule has 0 spiro atoms. The Morgan fingerprint density at radius 1 is 1.33 bits per heavy atom. The van der Waals surface area contributed by atoms with Crippen LogP contribution in [0.25, 0.3) is 0 Å². The average Bonchev–Trinajstić information content (AvgIpc) is 2.46. The van der Waals surface area contributed by atoms with E-state index in [0.29, 0.717) is 5.56 Å². The van der Waals surface area contributed by atoms with Gasteiger partial charge in [-0.1, -0.05) is 12.1 Å². The number of carboxylic acids is 1. The van der Waals surface area contributed by atoms with Crippen LogP contribution in [-0.4, -0.2) is 20.7 Å². The van der Waals surface area contributed by atoms with Gasteiger partial charge in [-0.15, -0.1) is 0 Å². The molecule has 1 N–H and O–H groups in total. The molecule has 21 heavy (non-hydrogen) atoms. The average molecular weight is 290 g/mol. The normalized spacial score (nSPS) is 10.1. The molecule has 8 heteroatoms. The maximum atomic E-state index is 11.5. The van der Waals surface area contributed by atoms with E-state index in [1.54, 1.807) is 6.07 Å². The van der Waals surface area contributed by atoms with Crippen LogP contribution in [0.4, 0.5) is 5.69 Å². The molecule has 0 aliphatic heterocycles. The van der Waals surface area contributed by atoms with Crippen molar-refractivity contribution in [2.24, 2.45) is 0 Å². The summed E-state index contributed by atoms with van der Waals surface area (Å²) in [6, 6.07) is 7.97. The number of nitrogens with zero attached hydrogens (tertiary/aromatic N) is 2. The van der Waals surface area contributed by atoms with Gasteiger partial charge < -0.3 is 9.94 Å². The highest BCUT2D eigenvalue weighted by Gasteiger charge is 2.08. The fourth-order valence-electron chi connectivity index (χ4n) is 1.60. The monoisotopic (exact) mass is 290 g/mol. The molecular formula is C13H10N2O6. The highest BCUT2D eigenvalue weighted by atomic mass is 16.7. The SMILES string of the molecule is O=C(O)c1ccc(=O)n(OCc2cccc([N+](=O)[O-])c2)c1. The van der Waals surface area contributed by atoms with Crippen molar-refractivity contribution >= 4 is 11.7 Å². The van der Waals surface area contributed by atoms with E-state index >= 15 is 0 Å². The Kier molecular flexibility index (Phi) is 3.98. The summed E-state index contributed by atoms with van der Waals surface area (Å²) in [5.74, 6) is -1.19. The van der Waals surface area contributed by atoms with Crippen LogP contribution < -0.4 is 10.4 Å². The number of hydrogen-bond donors (Lipinski definition) is 1. The lowest BCUT2D eigenvalue weighted by Gasteiger charge is -2.08. The van der Waals surface area contributed by atoms with E-state index in [9.17, 15) is 19.7 Å². The Morgan fingerprint density at radius 2 is 2.10 bits per heavy atom. The lowest BCUT2D eigenvalue weighted by molar-refractivity contribution is -0.384. The van der Waals surface area contributed by atoms with E-state index in [-0.39, 0.29) is 17.9 Å². The second kappa shape index (κ2) is 5.87. The van der Waals surface area contributed by atoms with Crippen LogP contribution in [0, 0.1) is 10.1 Å². The molecule has 0 amide bonds. The minimum Gasteiger partial charge on any atom is -0.478 e. The zero-order valence-electron chi connectivity index (χ0n) is 10.6. The van der Waals surface area contributed by atoms with E-state index in [2.05, 4.69) is 0 Å². The van der Waals surface area contributed by atoms with Crippen molar-refractivity contribution in [2.45, 2.75) is 6.61 Å². The molecule has 0 atom stereocenters. The van der Waals surface area contributed by atoms with E-state index in [1.807, 2.05) is 0 Å². The van der Waals surface area contributed by atoms with Crippen LogP contribution in [0.1, 0.15) is 15.9 Å². The zero-order valence-corrected chi connectivity index (χ0v) is 10.6. The Morgan fingerprint density at radius 3 is 2.76 bits per heavy atom. The standard InChI is InChI=1S/C13H10N2O6/c16-12-5-4-10(13(17)18)7-14(12)21-8-9-2-1-3-11(6-9)15(19)20/h1-7H,8H2,(H,17,18). The Balaban J connectivity index is 2.18. The Labute approximate surface area is 117 Å². The van der Waals surface area contributed by atoms with Gasteiger partial charge in [0.1, 0.15) is 6.61 Å². The molecule has 0 radical (unpaired) electrons. The fraction of sp³-hybridized carbons (Fsp3) is 0.0769. The first kappa shape index (κ1) is 14.3. The third-order valence-electron chi connectivity index (χ3n) is 2.62. The summed E-state index contributed by atoms with van der Waals surface area (Å²) in [7, 11) is 0. The molecule has 0 saturated carbocycles. The number of aromatic carboxylic acids is 1. The highest BCUT2D eigenvalue weighted by Crippen LogP contribution is 2.13. The molecule has 0 unspecified atom stereocenters. The number of hydrogen-bond acceptors (Lipinski definition) is 5. The molecule has 108 valence electrons. The summed E-state index contributed by atoms with van der Waals surface area (Å²) in [4.78, 5) is 37.6. The summed E-state index contributed by atoms with van der Waals surface area (Å²) in [6.45, 7) is -0.106. The second-order valence-electron chi connectivity index (χ2n) is 4.09. The molecule has 1 aromatic heterocycles. The first-order valence-electron chi connectivity index (χ1n) is 5.80. The van der Waals surface area contributed by atoms with E-state index in [4.69, 9.17) is 9.94 Å². The molecule has 1 aromatic carbocycles. The minimum absolute atomic E-state index is 0.0947. The Hall–Kier alpha value is -3.16. The van der Waals surface area contributed by atoms with Gasteiger partial charge in [0.05, 0.1) is 16.7 Å². The largest absolute Gasteiger partial charge is 0.478 e. The van der Waals surface area contributed by atoms with Gasteiger partial charge in [-0.25, -0.2) is 4.79 Å². The number of nitro groups is 1. The maximum absolute atomic E-state index is 11.5. The lowest BCUT2D eigenvalue weighted by Crippen LogP contribution is -2.26. The minimum atomic E-state index is -1.19. The fourth-order valence-corrected chi connectivity index (χ4v) is 1.60. The third-order valence-corrected chi connectivity index (χ3v) is 2.62. The van der Waals surface area contributed by atoms with Gasteiger partial charge in [-0.2, -0.15) is 4.73 Å². The van der Waals surface area contributed by atoms with Crippen molar-refractivity contribution in [1.29, 1.82) is 0 Å². The Bertz CT molecular complexity index is 752. The molecule has 0 aliphatic rings. The summed E-state index contributed by atoms with van der Waals surface area (Å²) in [6.07, 6.45) is 1.04. The van der Waals surface area contributed by atoms with E-state index in [1.165, 1.54) is 18.2 Å². The molecular weight excluding hydrogens is 280 g/mol. The van der Waals surface area contributed by atoms with Crippen LogP contribution in [-0.2, 0) is 6.61 Å². The van der Waals surface area contributed by atoms with Crippen LogP contribution >= 0.6 is 0 Å². The van der Waals surface area contributed by atoms with Gasteiger partial charge in [-0.05, 0) is 11.6 Å². The van der Waals surface area contributed by atoms with Crippen molar-refractivity contribution in [2.75, 3.05) is 0 Å². The lowest BCUT2D eigenvalue weighted by atomic mass is 10.2. The van der Waals surface area contributed by atoms with Crippen molar-refractivity contribution < 1.29 is 19.7 Å². The predicted octanol–water partition coefficient (Wildman–Crippen LogP) is 1.08. The van der Waals surface area contributed by atoms with E-state index < -0.39 is 16.5 Å². The summed E-state index contributed by atoms with van der Waals surface area (Å²) in [5.41, 5.74) is -0.251. The number of carboxylic acid groups (broad SMARTS) is 1. The van der Waals surface area contributed by atoms with Gasteiger partial charge in [0.25, 0.3) is 11.2 Å². The number of aromatic nitrogens is 1. The first-order valence-corrected chi connectivity index (χ1v) is 5.80. The van der Waals surface area contributed by atoms with E-state index in [0.717, 1.165) is 23.1 Å². The van der Waals surface area contributed by atoms with Gasteiger partial charge in [0.15, 0.2) is 0 Å². The molecule has 8 nitrogen and oxygen atoms in total. The quantitative estimate of drug-likeness (QED) is 0.651. The van der Waals surface area contributed by atoms with Crippen molar-refractivity contribution in [3.63, 3.8) is 0 Å². The van der Waals surface area contributed by atoms with Crippen LogP contribution in [0.5, 0.6) is 0 Å². The summed E-state index contributed by atoms with van der Waals surface area (Å²) < 4.78 is 0.780. The van der Waals surface area contributed by atoms with Crippen molar-refractivity contribution in [3.05, 3.63) is 74.2 Å². The summed E-state index contributed by atoms with van der Waals surface area (Å²) >= 11 is 0. The summed E-state index contributed by atoms with van der Waals surface area (Å²) in [5, 5.41) is 19.5. The number of non-ortho nitro benzene ring substituents is 1. The zero-order chi connectivity index (χ0) is 15.4. The molecule has 0 fully saturated rings. The molecule has 0 aliphatic carbocycles. The molecule has 2 aromatic rings. The number of rotatable bonds is 5. The van der Waals surface area contributed by atoms with Crippen LogP contribution in [0.3, 0.4) is 0 Å². The van der Waals surface area contributed by atoms with Gasteiger partial charge in [-0.3, -0.25) is 14.9 Å². The van der Waals surface area contributed by atoms with Gasteiger partial charge in [0, 0.05) is 18.2 Å². The van der Waals surface area contributed by atoms with Gasteiger partial charge in [0.2, 0.25) is 0 Å². The van der Waals surface area contributed by atoms with Crippen LogP contribution in [0.15, 0.2) is 47.4 Å². The number of benzene rings is 1. The van der Waals surface area contributed by atoms with Crippen molar-refractivity contribution in [3.8, 4) is 0 Å². The topological polar surface area (TPSA) is 112 Å². The second-order valence-corrected chi connectivity index (χ2v) is 4.09. The maximum Gasteiger partial charge on any atom is 0.337 e. The number of carbonyl (C=O) groups is 1. The molecule has 1 heterocycles. The molecule has 2 rings (SSSR count). The van der Waals surface area contributed by atoms with Gasteiger partial charge >= 0.3 is 5.97 Å². The van der Waals surface area contributed by atoms with Crippen LogP contribution in [0.2, 0.25) is 0 Å². The van der Waals surface area contributed by atoms with Crippen molar-refractivity contribution in [1.82, 2.24) is 4.73 Å². The smallest absolute Gasteiger partial charge is 0.337 e. The molecule has 0 saturated heterocycles. The predicted molar refractivity (Wildman–Crippen MR) is 71.0 cm³/mol. The first-order chi connectivity index (χ1) is 9.97. The number of nitro benzene ring substituents is 1. The number of pyridine rings is 1. The highest BCUT2D eigenvalue weighted by molar-refractivity contribution is 5.87. The third kappa shape index (κ3) is 3.44. The molecule has 0 bridgehead atoms.